The van der Waals surface area contributed by atoms with Gasteiger partial charge in [-0.1, -0.05) is 54.6 Å². The average Bonchev–Trinajstić information content (AvgIpc) is 3.83. The normalized spacial score (nSPS) is 11.8. The lowest BCUT2D eigenvalue weighted by Crippen LogP contribution is -1.96. The van der Waals surface area contributed by atoms with E-state index in [0.717, 1.165) is 82.0 Å². The Bertz CT molecular complexity index is 2350. The van der Waals surface area contributed by atoms with Crippen molar-refractivity contribution >= 4 is 54.6 Å². The topological polar surface area (TPSA) is 96.3 Å². The number of oxazole rings is 1. The molecule has 0 aliphatic heterocycles. The number of imidazole rings is 1. The van der Waals surface area contributed by atoms with Crippen LogP contribution in [0.5, 0.6) is 0 Å². The summed E-state index contributed by atoms with van der Waals surface area (Å²) in [6.45, 7) is 0. The number of rotatable bonds is 4. The zero-order chi connectivity index (χ0) is 27.6. The molecular formula is C34H20N6OS. The van der Waals surface area contributed by atoms with Gasteiger partial charge in [-0.25, -0.2) is 15.0 Å². The number of benzene rings is 5. The molecule has 0 unspecified atom stereocenters. The van der Waals surface area contributed by atoms with Crippen molar-refractivity contribution in [2.24, 2.45) is 0 Å². The van der Waals surface area contributed by atoms with E-state index in [9.17, 15) is 0 Å². The first kappa shape index (κ1) is 23.1. The van der Waals surface area contributed by atoms with Crippen molar-refractivity contribution < 1.29 is 4.42 Å². The summed E-state index contributed by atoms with van der Waals surface area (Å²) in [5.74, 6) is 1.28. The minimum absolute atomic E-state index is 0.530. The Labute approximate surface area is 242 Å². The number of nitrogens with zero attached hydrogens (tertiary/aromatic N) is 4. The molecular weight excluding hydrogens is 540 g/mol. The fourth-order valence-corrected chi connectivity index (χ4v) is 6.68. The number of fused-ring (bicyclic) bond motifs is 4. The molecule has 4 aromatic heterocycles. The molecule has 9 aromatic rings. The van der Waals surface area contributed by atoms with E-state index >= 15 is 0 Å². The smallest absolute Gasteiger partial charge is 0.228 e. The van der Waals surface area contributed by atoms with Crippen molar-refractivity contribution in [3.8, 4) is 44.7 Å². The Morgan fingerprint density at radius 2 is 1.33 bits per heavy atom. The lowest BCUT2D eigenvalue weighted by Gasteiger charge is -2.15. The Hall–Kier alpha value is -5.60. The van der Waals surface area contributed by atoms with Crippen molar-refractivity contribution in [2.75, 3.05) is 0 Å². The van der Waals surface area contributed by atoms with Crippen molar-refractivity contribution in [2.45, 2.75) is 0 Å². The van der Waals surface area contributed by atoms with Gasteiger partial charge in [-0.3, -0.25) is 5.10 Å². The summed E-state index contributed by atoms with van der Waals surface area (Å²) in [6, 6.07) is 36.4. The number of para-hydroxylation sites is 6. The van der Waals surface area contributed by atoms with E-state index in [1.807, 2.05) is 84.9 Å². The van der Waals surface area contributed by atoms with E-state index in [2.05, 4.69) is 34.3 Å². The molecule has 2 N–H and O–H groups in total. The van der Waals surface area contributed by atoms with Gasteiger partial charge in [0.1, 0.15) is 22.0 Å². The minimum Gasteiger partial charge on any atom is -0.436 e. The van der Waals surface area contributed by atoms with Crippen LogP contribution in [0.15, 0.2) is 114 Å². The summed E-state index contributed by atoms with van der Waals surface area (Å²) in [5, 5.41) is 9.99. The van der Waals surface area contributed by atoms with Gasteiger partial charge in [0, 0.05) is 27.6 Å². The average molecular weight is 561 g/mol. The molecule has 198 valence electrons. The minimum atomic E-state index is 0.530. The molecule has 0 spiro atoms. The molecule has 0 fully saturated rings. The Morgan fingerprint density at radius 1 is 0.595 bits per heavy atom. The SMILES string of the molecule is c1ccc2[nH]c(-c3ccc(-c4nc5ccccc5o4)c(-c4nc5ccccc5s4)c3-c3n[nH]c4ccccc34)nc2c1. The molecule has 7 nitrogen and oxygen atoms in total. The second-order valence-electron chi connectivity index (χ2n) is 10.1. The standard InChI is InChI=1S/C34H20N6OS/c1-2-10-22-19(9-1)31(40-39-22)29-20(32-35-23-11-3-4-12-24(23)36-32)17-18-21(33-37-25-13-5-7-15-27(25)41-33)30(29)34-38-26-14-6-8-16-28(26)42-34/h1-18H,(H,35,36)(H,39,40). The van der Waals surface area contributed by atoms with Crippen LogP contribution in [0.4, 0.5) is 0 Å². The highest BCUT2D eigenvalue weighted by atomic mass is 32.1. The third-order valence-corrected chi connectivity index (χ3v) is 8.64. The highest BCUT2D eigenvalue weighted by Gasteiger charge is 2.27. The number of hydrogen-bond acceptors (Lipinski definition) is 6. The van der Waals surface area contributed by atoms with Gasteiger partial charge in [0.2, 0.25) is 5.89 Å². The van der Waals surface area contributed by atoms with Crippen molar-refractivity contribution in [3.63, 3.8) is 0 Å². The van der Waals surface area contributed by atoms with Gasteiger partial charge < -0.3 is 9.40 Å². The van der Waals surface area contributed by atoms with Gasteiger partial charge >= 0.3 is 0 Å². The van der Waals surface area contributed by atoms with Crippen molar-refractivity contribution in [3.05, 3.63) is 109 Å². The summed E-state index contributed by atoms with van der Waals surface area (Å²) in [7, 11) is 0. The first-order valence-corrected chi connectivity index (χ1v) is 14.4. The van der Waals surface area contributed by atoms with E-state index < -0.39 is 0 Å². The lowest BCUT2D eigenvalue weighted by atomic mass is 9.91. The second kappa shape index (κ2) is 8.95. The number of aromatic nitrogens is 6. The summed E-state index contributed by atoms with van der Waals surface area (Å²) in [4.78, 5) is 18.6. The van der Waals surface area contributed by atoms with Crippen molar-refractivity contribution in [1.82, 2.24) is 30.1 Å². The lowest BCUT2D eigenvalue weighted by molar-refractivity contribution is 0.620. The molecule has 0 aliphatic carbocycles. The van der Waals surface area contributed by atoms with Crippen LogP contribution in [0.2, 0.25) is 0 Å². The third kappa shape index (κ3) is 3.52. The van der Waals surface area contributed by atoms with Gasteiger partial charge in [0.05, 0.1) is 26.8 Å². The maximum absolute atomic E-state index is 6.36. The molecule has 0 saturated carbocycles. The van der Waals surface area contributed by atoms with Crippen LogP contribution in [-0.2, 0) is 0 Å². The third-order valence-electron chi connectivity index (χ3n) is 7.59. The highest BCUT2D eigenvalue weighted by Crippen LogP contribution is 2.48. The molecule has 0 aliphatic rings. The van der Waals surface area contributed by atoms with Crippen molar-refractivity contribution in [1.29, 1.82) is 0 Å². The number of nitrogens with one attached hydrogen (secondary N) is 2. The summed E-state index contributed by atoms with van der Waals surface area (Å²) < 4.78 is 7.46. The summed E-state index contributed by atoms with van der Waals surface area (Å²) in [5.41, 5.74) is 9.66. The second-order valence-corrected chi connectivity index (χ2v) is 11.1. The molecule has 5 aromatic carbocycles. The number of hydrogen-bond donors (Lipinski definition) is 2. The Morgan fingerprint density at radius 3 is 2.19 bits per heavy atom. The molecule has 0 radical (unpaired) electrons. The quantitative estimate of drug-likeness (QED) is 0.224. The molecule has 0 amide bonds. The van der Waals surface area contributed by atoms with Gasteiger partial charge in [-0.05, 0) is 54.6 Å². The number of aromatic amines is 2. The van der Waals surface area contributed by atoms with Crippen LogP contribution in [0, 0.1) is 0 Å². The fraction of sp³-hybridized carbons (Fsp3) is 0. The van der Waals surface area contributed by atoms with Crippen LogP contribution < -0.4 is 0 Å². The van der Waals surface area contributed by atoms with E-state index in [1.54, 1.807) is 11.3 Å². The van der Waals surface area contributed by atoms with Crippen LogP contribution in [0.25, 0.3) is 87.9 Å². The van der Waals surface area contributed by atoms with Gasteiger partial charge in [-0.15, -0.1) is 11.3 Å². The molecule has 0 atom stereocenters. The Balaban J connectivity index is 1.43. The van der Waals surface area contributed by atoms with Crippen LogP contribution in [-0.4, -0.2) is 30.1 Å². The maximum atomic E-state index is 6.36. The molecule has 4 heterocycles. The summed E-state index contributed by atoms with van der Waals surface area (Å²) in [6.07, 6.45) is 0. The first-order chi connectivity index (χ1) is 20.8. The maximum Gasteiger partial charge on any atom is 0.228 e. The van der Waals surface area contributed by atoms with Gasteiger partial charge in [0.25, 0.3) is 0 Å². The fourth-order valence-electron chi connectivity index (χ4n) is 5.65. The van der Waals surface area contributed by atoms with E-state index in [-0.39, 0.29) is 0 Å². The first-order valence-electron chi connectivity index (χ1n) is 13.6. The molecule has 0 bridgehead atoms. The van der Waals surface area contributed by atoms with E-state index in [1.165, 1.54) is 0 Å². The van der Waals surface area contributed by atoms with Crippen LogP contribution in [0.1, 0.15) is 0 Å². The molecule has 9 rings (SSSR count). The predicted octanol–water partition coefficient (Wildman–Crippen LogP) is 8.86. The summed E-state index contributed by atoms with van der Waals surface area (Å²) >= 11 is 1.64. The molecule has 42 heavy (non-hydrogen) atoms. The largest absolute Gasteiger partial charge is 0.436 e. The van der Waals surface area contributed by atoms with Gasteiger partial charge in [0.15, 0.2) is 5.58 Å². The predicted molar refractivity (Wildman–Crippen MR) is 168 cm³/mol. The Kier molecular flexibility index (Phi) is 4.93. The van der Waals surface area contributed by atoms with Gasteiger partial charge in [-0.2, -0.15) is 5.10 Å². The molecule has 8 heteroatoms. The monoisotopic (exact) mass is 560 g/mol. The number of H-pyrrole nitrogens is 2. The van der Waals surface area contributed by atoms with Crippen LogP contribution >= 0.6 is 11.3 Å². The van der Waals surface area contributed by atoms with E-state index in [4.69, 9.17) is 24.5 Å². The zero-order valence-electron chi connectivity index (χ0n) is 22.0. The molecule has 0 saturated heterocycles. The highest BCUT2D eigenvalue weighted by molar-refractivity contribution is 7.21. The zero-order valence-corrected chi connectivity index (χ0v) is 22.8. The van der Waals surface area contributed by atoms with E-state index in [0.29, 0.717) is 5.89 Å². The number of thiazole rings is 1. The van der Waals surface area contributed by atoms with Crippen LogP contribution in [0.3, 0.4) is 0 Å².